The Labute approximate surface area is 128 Å². The molecule has 0 spiro atoms. The Bertz CT molecular complexity index is 540. The van der Waals surface area contributed by atoms with Gasteiger partial charge in [-0.1, -0.05) is 51.8 Å². The second-order valence-corrected chi connectivity index (χ2v) is 6.46. The number of para-hydroxylation sites is 1. The molecular formula is C16H25NO3S. The zero-order valence-electron chi connectivity index (χ0n) is 12.8. The van der Waals surface area contributed by atoms with E-state index in [1.807, 2.05) is 6.92 Å². The maximum absolute atomic E-state index is 12.4. The van der Waals surface area contributed by atoms with Crippen molar-refractivity contribution >= 4 is 15.8 Å². The summed E-state index contributed by atoms with van der Waals surface area (Å²) in [4.78, 5) is 0.152. The lowest BCUT2D eigenvalue weighted by atomic mass is 10.1. The van der Waals surface area contributed by atoms with Crippen molar-refractivity contribution in [1.29, 1.82) is 0 Å². The van der Waals surface area contributed by atoms with E-state index >= 15 is 0 Å². The fourth-order valence-electron chi connectivity index (χ4n) is 2.09. The van der Waals surface area contributed by atoms with Gasteiger partial charge in [0.05, 0.1) is 11.8 Å². The van der Waals surface area contributed by atoms with Crippen molar-refractivity contribution in [3.63, 3.8) is 0 Å². The van der Waals surface area contributed by atoms with Crippen LogP contribution in [0.1, 0.15) is 46.0 Å². The molecule has 0 radical (unpaired) electrons. The van der Waals surface area contributed by atoms with Gasteiger partial charge in [0.25, 0.3) is 10.1 Å². The summed E-state index contributed by atoms with van der Waals surface area (Å²) in [7, 11) is -3.77. The number of unbranched alkanes of at least 4 members (excludes halogenated alkanes) is 2. The SMILES string of the molecule is C=CNc1ccccc1S(=O)(=O)OC(CC)CCCCC. The predicted octanol–water partition coefficient (Wildman–Crippen LogP) is 4.31. The van der Waals surface area contributed by atoms with Gasteiger partial charge < -0.3 is 5.32 Å². The number of anilines is 1. The lowest BCUT2D eigenvalue weighted by Crippen LogP contribution is -2.18. The van der Waals surface area contributed by atoms with Crippen LogP contribution in [0.5, 0.6) is 0 Å². The Hall–Kier alpha value is -1.33. The lowest BCUT2D eigenvalue weighted by Gasteiger charge is -2.17. The van der Waals surface area contributed by atoms with Crippen LogP contribution in [0.25, 0.3) is 0 Å². The van der Waals surface area contributed by atoms with Crippen molar-refractivity contribution in [1.82, 2.24) is 0 Å². The van der Waals surface area contributed by atoms with E-state index in [9.17, 15) is 8.42 Å². The van der Waals surface area contributed by atoms with Crippen molar-refractivity contribution in [2.75, 3.05) is 5.32 Å². The van der Waals surface area contributed by atoms with Crippen molar-refractivity contribution in [2.24, 2.45) is 0 Å². The zero-order chi connectivity index (χ0) is 15.7. The second-order valence-electron chi connectivity index (χ2n) is 4.92. The lowest BCUT2D eigenvalue weighted by molar-refractivity contribution is 0.190. The van der Waals surface area contributed by atoms with Crippen LogP contribution in [0.3, 0.4) is 0 Å². The van der Waals surface area contributed by atoms with Gasteiger partial charge in [0, 0.05) is 0 Å². The van der Waals surface area contributed by atoms with E-state index in [4.69, 9.17) is 4.18 Å². The molecule has 1 aromatic rings. The predicted molar refractivity (Wildman–Crippen MR) is 86.8 cm³/mol. The Balaban J connectivity index is 2.87. The van der Waals surface area contributed by atoms with Gasteiger partial charge in [-0.25, -0.2) is 0 Å². The first-order valence-electron chi connectivity index (χ1n) is 7.44. The minimum Gasteiger partial charge on any atom is -0.361 e. The number of rotatable bonds is 10. The third kappa shape index (κ3) is 5.52. The highest BCUT2D eigenvalue weighted by atomic mass is 32.2. The van der Waals surface area contributed by atoms with Crippen LogP contribution in [-0.4, -0.2) is 14.5 Å². The molecule has 1 unspecified atom stereocenters. The zero-order valence-corrected chi connectivity index (χ0v) is 13.7. The minimum absolute atomic E-state index is 0.152. The smallest absolute Gasteiger partial charge is 0.299 e. The molecule has 1 rings (SSSR count). The van der Waals surface area contributed by atoms with E-state index in [1.54, 1.807) is 24.3 Å². The van der Waals surface area contributed by atoms with E-state index in [2.05, 4.69) is 18.8 Å². The van der Waals surface area contributed by atoms with Crippen LogP contribution in [0, 0.1) is 0 Å². The highest BCUT2D eigenvalue weighted by Crippen LogP contribution is 2.25. The minimum atomic E-state index is -3.77. The second kappa shape index (κ2) is 8.85. The maximum atomic E-state index is 12.4. The summed E-state index contributed by atoms with van der Waals surface area (Å²) in [6, 6.07) is 6.68. The van der Waals surface area contributed by atoms with Crippen molar-refractivity contribution in [3.8, 4) is 0 Å². The number of hydrogen-bond acceptors (Lipinski definition) is 4. The van der Waals surface area contributed by atoms with Crippen LogP contribution in [0.2, 0.25) is 0 Å². The summed E-state index contributed by atoms with van der Waals surface area (Å²) in [5, 5.41) is 2.83. The van der Waals surface area contributed by atoms with Gasteiger partial charge in [0.15, 0.2) is 0 Å². The molecule has 5 heteroatoms. The van der Waals surface area contributed by atoms with Gasteiger partial charge in [-0.3, -0.25) is 4.18 Å². The fourth-order valence-corrected chi connectivity index (χ4v) is 3.42. The van der Waals surface area contributed by atoms with Crippen LogP contribution in [-0.2, 0) is 14.3 Å². The van der Waals surface area contributed by atoms with E-state index in [0.717, 1.165) is 25.7 Å². The average molecular weight is 311 g/mol. The molecule has 0 aliphatic heterocycles. The fraction of sp³-hybridized carbons (Fsp3) is 0.500. The molecule has 118 valence electrons. The summed E-state index contributed by atoms with van der Waals surface area (Å²) in [6.07, 6.45) is 5.81. The van der Waals surface area contributed by atoms with Crippen LogP contribution in [0.4, 0.5) is 5.69 Å². The summed E-state index contributed by atoms with van der Waals surface area (Å²) >= 11 is 0. The molecule has 1 atom stereocenters. The molecular weight excluding hydrogens is 286 g/mol. The molecule has 0 saturated heterocycles. The van der Waals surface area contributed by atoms with Crippen LogP contribution >= 0.6 is 0 Å². The molecule has 21 heavy (non-hydrogen) atoms. The van der Waals surface area contributed by atoms with Gasteiger partial charge in [0.1, 0.15) is 4.90 Å². The molecule has 0 aliphatic carbocycles. The van der Waals surface area contributed by atoms with Gasteiger partial charge in [-0.15, -0.1) is 0 Å². The molecule has 0 bridgehead atoms. The van der Waals surface area contributed by atoms with Crippen molar-refractivity contribution in [2.45, 2.75) is 57.0 Å². The molecule has 0 saturated carbocycles. The van der Waals surface area contributed by atoms with Gasteiger partial charge in [-0.2, -0.15) is 8.42 Å². The van der Waals surface area contributed by atoms with E-state index in [0.29, 0.717) is 12.1 Å². The maximum Gasteiger partial charge on any atom is 0.299 e. The molecule has 1 N–H and O–H groups in total. The number of benzene rings is 1. The average Bonchev–Trinajstić information content (AvgIpc) is 2.47. The molecule has 4 nitrogen and oxygen atoms in total. The molecule has 0 aromatic heterocycles. The van der Waals surface area contributed by atoms with Gasteiger partial charge in [0.2, 0.25) is 0 Å². The Morgan fingerprint density at radius 2 is 2.00 bits per heavy atom. The monoisotopic (exact) mass is 311 g/mol. The Morgan fingerprint density at radius 1 is 1.29 bits per heavy atom. The van der Waals surface area contributed by atoms with Gasteiger partial charge >= 0.3 is 0 Å². The van der Waals surface area contributed by atoms with Crippen molar-refractivity contribution in [3.05, 3.63) is 37.0 Å². The number of hydrogen-bond donors (Lipinski definition) is 1. The first-order chi connectivity index (χ1) is 10.0. The summed E-state index contributed by atoms with van der Waals surface area (Å²) < 4.78 is 30.3. The quantitative estimate of drug-likeness (QED) is 0.517. The van der Waals surface area contributed by atoms with Gasteiger partial charge in [-0.05, 0) is 31.2 Å². The molecule has 0 heterocycles. The highest BCUT2D eigenvalue weighted by Gasteiger charge is 2.23. The van der Waals surface area contributed by atoms with Crippen LogP contribution < -0.4 is 5.32 Å². The Kier molecular flexibility index (Phi) is 7.47. The molecule has 0 amide bonds. The Morgan fingerprint density at radius 3 is 2.62 bits per heavy atom. The highest BCUT2D eigenvalue weighted by molar-refractivity contribution is 7.87. The summed E-state index contributed by atoms with van der Waals surface area (Å²) in [6.45, 7) is 7.62. The number of nitrogens with one attached hydrogen (secondary N) is 1. The molecule has 0 aliphatic rings. The first-order valence-corrected chi connectivity index (χ1v) is 8.85. The standard InChI is InChI=1S/C16H25NO3S/c1-4-7-8-11-14(5-2)20-21(18,19)16-13-10-9-12-15(16)17-6-3/h6,9-10,12-14,17H,3-5,7-8,11H2,1-2H3. The molecule has 0 fully saturated rings. The molecule has 1 aromatic carbocycles. The summed E-state index contributed by atoms with van der Waals surface area (Å²) in [5.41, 5.74) is 0.482. The van der Waals surface area contributed by atoms with E-state index in [-0.39, 0.29) is 11.0 Å². The topological polar surface area (TPSA) is 55.4 Å². The largest absolute Gasteiger partial charge is 0.361 e. The normalized spacial score (nSPS) is 12.9. The van der Waals surface area contributed by atoms with E-state index < -0.39 is 10.1 Å². The third-order valence-electron chi connectivity index (χ3n) is 3.26. The van der Waals surface area contributed by atoms with Crippen LogP contribution in [0.15, 0.2) is 41.9 Å². The van der Waals surface area contributed by atoms with Crippen molar-refractivity contribution < 1.29 is 12.6 Å². The third-order valence-corrected chi connectivity index (χ3v) is 4.68. The van der Waals surface area contributed by atoms with E-state index in [1.165, 1.54) is 6.20 Å². The summed E-state index contributed by atoms with van der Waals surface area (Å²) in [5.74, 6) is 0. The first kappa shape index (κ1) is 17.7.